The molecule has 0 bridgehead atoms. The van der Waals surface area contributed by atoms with Crippen molar-refractivity contribution in [3.05, 3.63) is 0 Å². The van der Waals surface area contributed by atoms with Gasteiger partial charge in [-0.25, -0.2) is 0 Å². The maximum atomic E-state index is 12.0. The van der Waals surface area contributed by atoms with Gasteiger partial charge >= 0.3 is 0 Å². The third-order valence-electron chi connectivity index (χ3n) is 2.91. The molecule has 1 amide bonds. The molecule has 0 spiro atoms. The molecule has 0 aliphatic carbocycles. The number of nitrogens with two attached hydrogens (primary N) is 1. The molecule has 0 radical (unpaired) electrons. The van der Waals surface area contributed by atoms with Crippen molar-refractivity contribution in [2.24, 2.45) is 11.1 Å². The first-order valence-electron chi connectivity index (χ1n) is 5.74. The van der Waals surface area contributed by atoms with Crippen molar-refractivity contribution < 1.29 is 4.79 Å². The molecule has 0 heterocycles. The molecular weight excluding hydrogens is 188 g/mol. The van der Waals surface area contributed by atoms with Crippen LogP contribution in [0, 0.1) is 5.41 Å². The van der Waals surface area contributed by atoms with E-state index >= 15 is 0 Å². The lowest BCUT2D eigenvalue weighted by Crippen LogP contribution is -2.51. The minimum atomic E-state index is -0.415. The van der Waals surface area contributed by atoms with Crippen LogP contribution in [0.1, 0.15) is 47.5 Å². The molecule has 0 aliphatic heterocycles. The lowest BCUT2D eigenvalue weighted by atomic mass is 9.86. The topological polar surface area (TPSA) is 46.3 Å². The quantitative estimate of drug-likeness (QED) is 0.778. The van der Waals surface area contributed by atoms with Crippen molar-refractivity contribution in [2.75, 3.05) is 7.05 Å². The highest BCUT2D eigenvalue weighted by Gasteiger charge is 2.30. The second-order valence-corrected chi connectivity index (χ2v) is 5.43. The first-order valence-corrected chi connectivity index (χ1v) is 5.74. The highest BCUT2D eigenvalue weighted by molar-refractivity contribution is 5.82. The van der Waals surface area contributed by atoms with E-state index in [4.69, 9.17) is 5.73 Å². The van der Waals surface area contributed by atoms with Crippen LogP contribution < -0.4 is 5.73 Å². The van der Waals surface area contributed by atoms with Gasteiger partial charge in [0.1, 0.15) is 0 Å². The number of nitrogens with zero attached hydrogens (tertiary/aromatic N) is 1. The smallest absolute Gasteiger partial charge is 0.240 e. The molecule has 2 N–H and O–H groups in total. The number of carbonyl (C=O) groups is 1. The molecule has 15 heavy (non-hydrogen) atoms. The molecule has 0 saturated carbocycles. The first kappa shape index (κ1) is 14.4. The molecule has 0 fully saturated rings. The van der Waals surface area contributed by atoms with E-state index in [9.17, 15) is 4.79 Å². The van der Waals surface area contributed by atoms with Crippen molar-refractivity contribution in [1.82, 2.24) is 4.90 Å². The van der Waals surface area contributed by atoms with E-state index < -0.39 is 6.04 Å². The van der Waals surface area contributed by atoms with Gasteiger partial charge in [-0.05, 0) is 18.8 Å². The zero-order valence-corrected chi connectivity index (χ0v) is 11.0. The van der Waals surface area contributed by atoms with Crippen molar-refractivity contribution in [3.63, 3.8) is 0 Å². The van der Waals surface area contributed by atoms with Crippen LogP contribution in [0.3, 0.4) is 0 Å². The predicted molar refractivity (Wildman–Crippen MR) is 64.6 cm³/mol. The third kappa shape index (κ3) is 4.20. The summed E-state index contributed by atoms with van der Waals surface area (Å²) < 4.78 is 0. The van der Waals surface area contributed by atoms with E-state index in [2.05, 4.69) is 13.8 Å². The Kier molecular flexibility index (Phi) is 5.29. The van der Waals surface area contributed by atoms with Gasteiger partial charge in [0.15, 0.2) is 0 Å². The van der Waals surface area contributed by atoms with Gasteiger partial charge < -0.3 is 10.6 Å². The number of amides is 1. The standard InChI is InChI=1S/C12H26N2O/c1-7-8-9(2)14(6)11(15)10(13)12(3,4)5/h9-10H,7-8,13H2,1-6H3. The Bertz CT molecular complexity index is 208. The number of hydrogen-bond donors (Lipinski definition) is 1. The molecule has 2 unspecified atom stereocenters. The minimum Gasteiger partial charge on any atom is -0.342 e. The summed E-state index contributed by atoms with van der Waals surface area (Å²) in [5.74, 6) is 0.0449. The zero-order chi connectivity index (χ0) is 12.2. The highest BCUT2D eigenvalue weighted by atomic mass is 16.2. The van der Waals surface area contributed by atoms with Gasteiger partial charge in [-0.2, -0.15) is 0 Å². The average molecular weight is 214 g/mol. The van der Waals surface area contributed by atoms with Crippen LogP contribution in [0.5, 0.6) is 0 Å². The monoisotopic (exact) mass is 214 g/mol. The Hall–Kier alpha value is -0.570. The summed E-state index contributed by atoms with van der Waals surface area (Å²) in [7, 11) is 1.84. The molecule has 90 valence electrons. The zero-order valence-electron chi connectivity index (χ0n) is 11.0. The largest absolute Gasteiger partial charge is 0.342 e. The molecule has 2 atom stereocenters. The average Bonchev–Trinajstić information content (AvgIpc) is 2.13. The Balaban J connectivity index is 4.44. The second kappa shape index (κ2) is 5.50. The van der Waals surface area contributed by atoms with E-state index in [0.29, 0.717) is 0 Å². The fraction of sp³-hybridized carbons (Fsp3) is 0.917. The van der Waals surface area contributed by atoms with Crippen LogP contribution in [0.15, 0.2) is 0 Å². The second-order valence-electron chi connectivity index (χ2n) is 5.43. The summed E-state index contributed by atoms with van der Waals surface area (Å²) in [6, 6.07) is -0.141. The molecule has 0 saturated heterocycles. The van der Waals surface area contributed by atoms with Gasteiger partial charge in [0, 0.05) is 13.1 Å². The third-order valence-corrected chi connectivity index (χ3v) is 2.91. The molecule has 0 rings (SSSR count). The molecule has 3 heteroatoms. The van der Waals surface area contributed by atoms with Gasteiger partial charge in [-0.1, -0.05) is 34.1 Å². The van der Waals surface area contributed by atoms with Gasteiger partial charge in [0.05, 0.1) is 6.04 Å². The number of hydrogen-bond acceptors (Lipinski definition) is 2. The van der Waals surface area contributed by atoms with Crippen molar-refractivity contribution >= 4 is 5.91 Å². The maximum absolute atomic E-state index is 12.0. The molecule has 0 aromatic rings. The van der Waals surface area contributed by atoms with E-state index in [0.717, 1.165) is 12.8 Å². The van der Waals surface area contributed by atoms with Gasteiger partial charge in [-0.15, -0.1) is 0 Å². The van der Waals surface area contributed by atoms with Crippen LogP contribution in [0.2, 0.25) is 0 Å². The van der Waals surface area contributed by atoms with Gasteiger partial charge in [-0.3, -0.25) is 4.79 Å². The fourth-order valence-corrected chi connectivity index (χ4v) is 1.42. The van der Waals surface area contributed by atoms with E-state index in [1.165, 1.54) is 0 Å². The summed E-state index contributed by atoms with van der Waals surface area (Å²) in [4.78, 5) is 13.8. The molecular formula is C12H26N2O. The minimum absolute atomic E-state index is 0.0449. The van der Waals surface area contributed by atoms with Crippen molar-refractivity contribution in [1.29, 1.82) is 0 Å². The Labute approximate surface area is 94.0 Å². The normalized spacial score (nSPS) is 15.9. The number of carbonyl (C=O) groups excluding carboxylic acids is 1. The van der Waals surface area contributed by atoms with E-state index in [1.54, 1.807) is 4.90 Å². The van der Waals surface area contributed by atoms with Crippen LogP contribution >= 0.6 is 0 Å². The van der Waals surface area contributed by atoms with Crippen LogP contribution in [-0.4, -0.2) is 29.9 Å². The molecule has 0 aliphatic rings. The highest BCUT2D eigenvalue weighted by Crippen LogP contribution is 2.19. The Morgan fingerprint density at radius 1 is 1.40 bits per heavy atom. The molecule has 0 aromatic carbocycles. The number of rotatable bonds is 4. The van der Waals surface area contributed by atoms with Crippen LogP contribution in [0.25, 0.3) is 0 Å². The van der Waals surface area contributed by atoms with E-state index in [1.807, 2.05) is 27.8 Å². The Morgan fingerprint density at radius 2 is 1.87 bits per heavy atom. The summed E-state index contributed by atoms with van der Waals surface area (Å²) >= 11 is 0. The van der Waals surface area contributed by atoms with Crippen molar-refractivity contribution in [2.45, 2.75) is 59.5 Å². The SMILES string of the molecule is CCCC(C)N(C)C(=O)C(N)C(C)(C)C. The fourth-order valence-electron chi connectivity index (χ4n) is 1.42. The van der Waals surface area contributed by atoms with E-state index in [-0.39, 0.29) is 17.4 Å². The summed E-state index contributed by atoms with van der Waals surface area (Å²) in [6.45, 7) is 10.2. The lowest BCUT2D eigenvalue weighted by molar-refractivity contribution is -0.135. The van der Waals surface area contributed by atoms with Gasteiger partial charge in [0.2, 0.25) is 5.91 Å². The molecule has 3 nitrogen and oxygen atoms in total. The predicted octanol–water partition coefficient (Wildman–Crippen LogP) is 2.01. The van der Waals surface area contributed by atoms with Crippen LogP contribution in [0.4, 0.5) is 0 Å². The first-order chi connectivity index (χ1) is 6.71. The summed E-state index contributed by atoms with van der Waals surface area (Å²) in [5.41, 5.74) is 5.77. The molecule has 0 aromatic heterocycles. The van der Waals surface area contributed by atoms with Crippen LogP contribution in [-0.2, 0) is 4.79 Å². The lowest BCUT2D eigenvalue weighted by Gasteiger charge is -2.33. The van der Waals surface area contributed by atoms with Gasteiger partial charge in [0.25, 0.3) is 0 Å². The summed E-state index contributed by atoms with van der Waals surface area (Å²) in [5, 5.41) is 0. The maximum Gasteiger partial charge on any atom is 0.240 e. The summed E-state index contributed by atoms with van der Waals surface area (Å²) in [6.07, 6.45) is 2.11. The van der Waals surface area contributed by atoms with Crippen molar-refractivity contribution in [3.8, 4) is 0 Å². The number of likely N-dealkylation sites (N-methyl/N-ethyl adjacent to an activating group) is 1. The Morgan fingerprint density at radius 3 is 2.20 bits per heavy atom.